The van der Waals surface area contributed by atoms with Gasteiger partial charge in [0.25, 0.3) is 10.0 Å². The maximum atomic E-state index is 13.1. The number of aromatic carboxylic acids is 1. The standard InChI is InChI=1S/C24H24N2O6S/c1-31-23-11-10-21(16-22(23)17-2-4-18(5-3-17)24(27)28)33(29,30)25-19-6-8-20(9-7-19)26-12-14-32-15-13-26/h2-11,16,25H,12-15H2,1H3,(H,27,28). The Bertz CT molecular complexity index is 1230. The molecule has 1 saturated heterocycles. The summed E-state index contributed by atoms with van der Waals surface area (Å²) in [5.41, 5.74) is 2.79. The van der Waals surface area contributed by atoms with E-state index in [4.69, 9.17) is 14.6 Å². The summed E-state index contributed by atoms with van der Waals surface area (Å²) in [4.78, 5) is 13.4. The Hall–Kier alpha value is -3.56. The van der Waals surface area contributed by atoms with Gasteiger partial charge in [0.2, 0.25) is 0 Å². The Morgan fingerprint density at radius 1 is 1.00 bits per heavy atom. The van der Waals surface area contributed by atoms with Crippen LogP contribution in [0.1, 0.15) is 10.4 Å². The molecule has 0 saturated carbocycles. The van der Waals surface area contributed by atoms with Crippen LogP contribution in [0.15, 0.2) is 71.6 Å². The van der Waals surface area contributed by atoms with Crippen molar-refractivity contribution in [2.75, 3.05) is 43.0 Å². The second-order valence-electron chi connectivity index (χ2n) is 7.50. The monoisotopic (exact) mass is 468 g/mol. The number of sulfonamides is 1. The van der Waals surface area contributed by atoms with Gasteiger partial charge in [0.1, 0.15) is 5.75 Å². The lowest BCUT2D eigenvalue weighted by Crippen LogP contribution is -2.36. The zero-order chi connectivity index (χ0) is 23.4. The second-order valence-corrected chi connectivity index (χ2v) is 9.18. The van der Waals surface area contributed by atoms with E-state index in [9.17, 15) is 13.2 Å². The van der Waals surface area contributed by atoms with Gasteiger partial charge in [-0.15, -0.1) is 0 Å². The van der Waals surface area contributed by atoms with Gasteiger partial charge in [-0.1, -0.05) is 12.1 Å². The Balaban J connectivity index is 1.58. The average Bonchev–Trinajstić information content (AvgIpc) is 2.84. The molecule has 8 nitrogen and oxygen atoms in total. The fourth-order valence-electron chi connectivity index (χ4n) is 3.65. The van der Waals surface area contributed by atoms with E-state index >= 15 is 0 Å². The van der Waals surface area contributed by atoms with Gasteiger partial charge in [-0.3, -0.25) is 4.72 Å². The van der Waals surface area contributed by atoms with E-state index < -0.39 is 16.0 Å². The zero-order valence-corrected chi connectivity index (χ0v) is 18.8. The van der Waals surface area contributed by atoms with Crippen LogP contribution in [0.2, 0.25) is 0 Å². The van der Waals surface area contributed by atoms with Crippen LogP contribution in [-0.2, 0) is 14.8 Å². The number of rotatable bonds is 7. The quantitative estimate of drug-likeness (QED) is 0.545. The van der Waals surface area contributed by atoms with E-state index in [0.29, 0.717) is 35.8 Å². The van der Waals surface area contributed by atoms with Gasteiger partial charge in [0, 0.05) is 30.0 Å². The van der Waals surface area contributed by atoms with E-state index in [1.54, 1.807) is 30.3 Å². The van der Waals surface area contributed by atoms with E-state index in [1.165, 1.54) is 31.4 Å². The van der Waals surface area contributed by atoms with Crippen molar-refractivity contribution in [2.24, 2.45) is 0 Å². The summed E-state index contributed by atoms with van der Waals surface area (Å²) in [6.07, 6.45) is 0. The van der Waals surface area contributed by atoms with Crippen LogP contribution in [-0.4, -0.2) is 52.9 Å². The number of nitrogens with one attached hydrogen (secondary N) is 1. The number of anilines is 2. The number of carboxylic acids is 1. The lowest BCUT2D eigenvalue weighted by atomic mass is 10.0. The van der Waals surface area contributed by atoms with Crippen LogP contribution in [0.5, 0.6) is 5.75 Å². The third-order valence-corrected chi connectivity index (χ3v) is 6.80. The van der Waals surface area contributed by atoms with Crippen molar-refractivity contribution in [1.29, 1.82) is 0 Å². The summed E-state index contributed by atoms with van der Waals surface area (Å²) < 4.78 is 39.5. The minimum Gasteiger partial charge on any atom is -0.496 e. The lowest BCUT2D eigenvalue weighted by Gasteiger charge is -2.28. The molecule has 0 aliphatic carbocycles. The van der Waals surface area contributed by atoms with Crippen molar-refractivity contribution in [3.63, 3.8) is 0 Å². The molecule has 1 aliphatic heterocycles. The van der Waals surface area contributed by atoms with Crippen LogP contribution < -0.4 is 14.4 Å². The summed E-state index contributed by atoms with van der Waals surface area (Å²) in [6, 6.07) is 18.0. The van der Waals surface area contributed by atoms with Crippen LogP contribution in [0.4, 0.5) is 11.4 Å². The number of benzene rings is 3. The molecule has 3 aromatic carbocycles. The van der Waals surface area contributed by atoms with E-state index in [0.717, 1.165) is 18.8 Å². The van der Waals surface area contributed by atoms with Crippen molar-refractivity contribution in [1.82, 2.24) is 0 Å². The molecule has 9 heteroatoms. The smallest absolute Gasteiger partial charge is 0.335 e. The van der Waals surface area contributed by atoms with Gasteiger partial charge >= 0.3 is 5.97 Å². The third kappa shape index (κ3) is 5.10. The molecule has 172 valence electrons. The van der Waals surface area contributed by atoms with Gasteiger partial charge in [0.15, 0.2) is 0 Å². The van der Waals surface area contributed by atoms with Gasteiger partial charge in [-0.05, 0) is 60.2 Å². The molecule has 0 unspecified atom stereocenters. The highest BCUT2D eigenvalue weighted by Crippen LogP contribution is 2.33. The number of morpholine rings is 1. The molecule has 0 bridgehead atoms. The SMILES string of the molecule is COc1ccc(S(=O)(=O)Nc2ccc(N3CCOCC3)cc2)cc1-c1ccc(C(=O)O)cc1. The van der Waals surface area contributed by atoms with E-state index in [2.05, 4.69) is 9.62 Å². The molecule has 0 radical (unpaired) electrons. The van der Waals surface area contributed by atoms with Crippen LogP contribution >= 0.6 is 0 Å². The number of methoxy groups -OCH3 is 1. The Kier molecular flexibility index (Phi) is 6.52. The van der Waals surface area contributed by atoms with Crippen molar-refractivity contribution in [3.8, 4) is 16.9 Å². The minimum absolute atomic E-state index is 0.0675. The number of ether oxygens (including phenoxy) is 2. The summed E-state index contributed by atoms with van der Waals surface area (Å²) in [5, 5.41) is 9.11. The molecule has 0 amide bonds. The van der Waals surface area contributed by atoms with Crippen LogP contribution in [0.3, 0.4) is 0 Å². The fraction of sp³-hybridized carbons (Fsp3) is 0.208. The van der Waals surface area contributed by atoms with Crippen LogP contribution in [0, 0.1) is 0 Å². The molecule has 0 aromatic heterocycles. The maximum absolute atomic E-state index is 13.1. The van der Waals surface area contributed by atoms with E-state index in [-0.39, 0.29) is 10.5 Å². The molecule has 0 atom stereocenters. The highest BCUT2D eigenvalue weighted by atomic mass is 32.2. The van der Waals surface area contributed by atoms with Crippen molar-refractivity contribution < 1.29 is 27.8 Å². The molecule has 1 aliphatic rings. The fourth-order valence-corrected chi connectivity index (χ4v) is 4.73. The predicted molar refractivity (Wildman–Crippen MR) is 126 cm³/mol. The predicted octanol–water partition coefficient (Wildman–Crippen LogP) is 3.70. The molecular formula is C24H24N2O6S. The molecule has 4 rings (SSSR count). The number of nitrogens with zero attached hydrogens (tertiary/aromatic N) is 1. The Morgan fingerprint density at radius 2 is 1.67 bits per heavy atom. The largest absolute Gasteiger partial charge is 0.496 e. The first kappa shape index (κ1) is 22.6. The number of carbonyl (C=O) groups is 1. The summed E-state index contributed by atoms with van der Waals surface area (Å²) in [7, 11) is -2.37. The van der Waals surface area contributed by atoms with Crippen LogP contribution in [0.25, 0.3) is 11.1 Å². The second kappa shape index (κ2) is 9.51. The van der Waals surface area contributed by atoms with E-state index in [1.807, 2.05) is 12.1 Å². The summed E-state index contributed by atoms with van der Waals surface area (Å²) >= 11 is 0. The highest BCUT2D eigenvalue weighted by Gasteiger charge is 2.18. The highest BCUT2D eigenvalue weighted by molar-refractivity contribution is 7.92. The van der Waals surface area contributed by atoms with Gasteiger partial charge in [0.05, 0.1) is 30.8 Å². The third-order valence-electron chi connectivity index (χ3n) is 5.42. The average molecular weight is 469 g/mol. The number of carboxylic acid groups (broad SMARTS) is 1. The maximum Gasteiger partial charge on any atom is 0.335 e. The molecule has 2 N–H and O–H groups in total. The topological polar surface area (TPSA) is 105 Å². The normalized spacial score (nSPS) is 14.0. The molecule has 3 aromatic rings. The molecule has 33 heavy (non-hydrogen) atoms. The molecule has 0 spiro atoms. The van der Waals surface area contributed by atoms with Crippen molar-refractivity contribution in [3.05, 3.63) is 72.3 Å². The van der Waals surface area contributed by atoms with Crippen molar-refractivity contribution >= 4 is 27.4 Å². The first-order valence-electron chi connectivity index (χ1n) is 10.3. The molecule has 1 fully saturated rings. The minimum atomic E-state index is -3.86. The lowest BCUT2D eigenvalue weighted by molar-refractivity contribution is 0.0697. The summed E-state index contributed by atoms with van der Waals surface area (Å²) in [6.45, 7) is 2.95. The Morgan fingerprint density at radius 3 is 2.27 bits per heavy atom. The van der Waals surface area contributed by atoms with Crippen molar-refractivity contribution in [2.45, 2.75) is 4.90 Å². The first-order valence-corrected chi connectivity index (χ1v) is 11.8. The molecule has 1 heterocycles. The number of hydrogen-bond acceptors (Lipinski definition) is 6. The zero-order valence-electron chi connectivity index (χ0n) is 18.0. The van der Waals surface area contributed by atoms with Gasteiger partial charge < -0.3 is 19.5 Å². The number of hydrogen-bond donors (Lipinski definition) is 2. The Labute approximate surface area is 192 Å². The first-order chi connectivity index (χ1) is 15.9. The molecular weight excluding hydrogens is 444 g/mol. The van der Waals surface area contributed by atoms with Gasteiger partial charge in [-0.2, -0.15) is 0 Å². The summed E-state index contributed by atoms with van der Waals surface area (Å²) in [5.74, 6) is -0.555. The van der Waals surface area contributed by atoms with Gasteiger partial charge in [-0.25, -0.2) is 13.2 Å².